The van der Waals surface area contributed by atoms with E-state index in [1.165, 1.54) is 0 Å². The lowest BCUT2D eigenvalue weighted by molar-refractivity contribution is -0.144. The Morgan fingerprint density at radius 1 is 0.824 bits per heavy atom. The summed E-state index contributed by atoms with van der Waals surface area (Å²) in [6.07, 6.45) is 5.55. The van der Waals surface area contributed by atoms with Crippen LogP contribution in [-0.2, 0) is 19.1 Å². The quantitative estimate of drug-likeness (QED) is 0.438. The van der Waals surface area contributed by atoms with Crippen molar-refractivity contribution in [3.05, 3.63) is 0 Å². The van der Waals surface area contributed by atoms with Gasteiger partial charge in [0.25, 0.3) is 0 Å². The molecule has 0 aromatic rings. The van der Waals surface area contributed by atoms with Gasteiger partial charge in [-0.2, -0.15) is 0 Å². The van der Waals surface area contributed by atoms with Crippen LogP contribution in [0.1, 0.15) is 58.8 Å². The Labute approximate surface area is 104 Å². The van der Waals surface area contributed by atoms with Crippen LogP contribution in [0.4, 0.5) is 0 Å². The van der Waals surface area contributed by atoms with E-state index in [0.717, 1.165) is 32.1 Å². The van der Waals surface area contributed by atoms with E-state index in [1.54, 1.807) is 6.92 Å². The van der Waals surface area contributed by atoms with Crippen LogP contribution in [-0.4, -0.2) is 25.2 Å². The lowest BCUT2D eigenvalue weighted by Gasteiger charge is -2.04. The number of esters is 2. The molecular formula is C13H24O4. The zero-order valence-corrected chi connectivity index (χ0v) is 11.0. The summed E-state index contributed by atoms with van der Waals surface area (Å²) >= 11 is 0. The summed E-state index contributed by atoms with van der Waals surface area (Å²) in [5.74, 6) is -0.247. The topological polar surface area (TPSA) is 52.6 Å². The third-order valence-corrected chi connectivity index (χ3v) is 2.31. The predicted octanol–water partition coefficient (Wildman–Crippen LogP) is 2.84. The van der Waals surface area contributed by atoms with Crippen LogP contribution in [0.2, 0.25) is 0 Å². The van der Waals surface area contributed by atoms with E-state index in [9.17, 15) is 9.59 Å². The molecule has 0 atom stereocenters. The first kappa shape index (κ1) is 15.9. The molecule has 0 bridgehead atoms. The molecule has 17 heavy (non-hydrogen) atoms. The van der Waals surface area contributed by atoms with Gasteiger partial charge in [-0.05, 0) is 32.1 Å². The van der Waals surface area contributed by atoms with Gasteiger partial charge in [-0.1, -0.05) is 13.8 Å². The summed E-state index contributed by atoms with van der Waals surface area (Å²) < 4.78 is 9.96. The Morgan fingerprint density at radius 2 is 1.35 bits per heavy atom. The number of ether oxygens (including phenoxy) is 2. The van der Waals surface area contributed by atoms with Crippen molar-refractivity contribution in [3.8, 4) is 0 Å². The molecular weight excluding hydrogens is 220 g/mol. The number of carbonyl (C=O) groups is 2. The second kappa shape index (κ2) is 11.4. The molecule has 0 aliphatic heterocycles. The van der Waals surface area contributed by atoms with Gasteiger partial charge in [0.1, 0.15) is 0 Å². The number of unbranched alkanes of at least 4 members (excludes halogenated alkanes) is 3. The van der Waals surface area contributed by atoms with Crippen molar-refractivity contribution >= 4 is 11.9 Å². The number of hydrogen-bond acceptors (Lipinski definition) is 4. The predicted molar refractivity (Wildman–Crippen MR) is 65.6 cm³/mol. The minimum Gasteiger partial charge on any atom is -0.466 e. The Bertz CT molecular complexity index is 213. The molecule has 100 valence electrons. The Morgan fingerprint density at radius 3 is 1.82 bits per heavy atom. The first-order chi connectivity index (χ1) is 8.20. The van der Waals surface area contributed by atoms with Gasteiger partial charge in [0.2, 0.25) is 0 Å². The highest BCUT2D eigenvalue weighted by atomic mass is 16.5. The Kier molecular flexibility index (Phi) is 10.7. The largest absolute Gasteiger partial charge is 0.466 e. The zero-order valence-electron chi connectivity index (χ0n) is 11.0. The summed E-state index contributed by atoms with van der Waals surface area (Å²) in [5, 5.41) is 0. The maximum absolute atomic E-state index is 11.0. The highest BCUT2D eigenvalue weighted by Gasteiger charge is 2.00. The van der Waals surface area contributed by atoms with Gasteiger partial charge in [-0.3, -0.25) is 9.59 Å². The fraction of sp³-hybridized carbons (Fsp3) is 0.846. The summed E-state index contributed by atoms with van der Waals surface area (Å²) in [6, 6.07) is 0. The van der Waals surface area contributed by atoms with Gasteiger partial charge >= 0.3 is 11.9 Å². The smallest absolute Gasteiger partial charge is 0.305 e. The molecule has 0 heterocycles. The van der Waals surface area contributed by atoms with Crippen molar-refractivity contribution in [2.75, 3.05) is 13.2 Å². The molecule has 0 aliphatic carbocycles. The molecule has 0 aromatic heterocycles. The molecule has 0 N–H and O–H groups in total. The van der Waals surface area contributed by atoms with Crippen LogP contribution in [0.15, 0.2) is 0 Å². The normalized spacial score (nSPS) is 10.0. The van der Waals surface area contributed by atoms with Crippen molar-refractivity contribution in [1.82, 2.24) is 0 Å². The van der Waals surface area contributed by atoms with Crippen molar-refractivity contribution in [2.24, 2.45) is 0 Å². The van der Waals surface area contributed by atoms with E-state index in [4.69, 9.17) is 9.47 Å². The Hall–Kier alpha value is -1.06. The van der Waals surface area contributed by atoms with E-state index in [2.05, 4.69) is 0 Å². The first-order valence-electron chi connectivity index (χ1n) is 6.52. The standard InChI is InChI=1S/C13H24O4/c1-3-9-13(15)17-11-8-6-5-7-10-16-12(14)4-2/h3-11H2,1-2H3. The third-order valence-electron chi connectivity index (χ3n) is 2.31. The van der Waals surface area contributed by atoms with Crippen molar-refractivity contribution in [2.45, 2.75) is 58.8 Å². The number of hydrogen-bond donors (Lipinski definition) is 0. The molecule has 0 amide bonds. The fourth-order valence-electron chi connectivity index (χ4n) is 1.31. The van der Waals surface area contributed by atoms with Gasteiger partial charge in [-0.25, -0.2) is 0 Å². The fourth-order valence-corrected chi connectivity index (χ4v) is 1.31. The molecule has 0 saturated carbocycles. The lowest BCUT2D eigenvalue weighted by atomic mass is 10.2. The molecule has 0 spiro atoms. The van der Waals surface area contributed by atoms with Crippen LogP contribution in [0, 0.1) is 0 Å². The molecule has 0 saturated heterocycles. The maximum Gasteiger partial charge on any atom is 0.305 e. The van der Waals surface area contributed by atoms with E-state index in [0.29, 0.717) is 26.1 Å². The van der Waals surface area contributed by atoms with Gasteiger partial charge in [-0.15, -0.1) is 0 Å². The second-order valence-electron chi connectivity index (χ2n) is 3.96. The van der Waals surface area contributed by atoms with Gasteiger partial charge in [0.15, 0.2) is 0 Å². The molecule has 0 aromatic carbocycles. The van der Waals surface area contributed by atoms with E-state index in [1.807, 2.05) is 6.92 Å². The average molecular weight is 244 g/mol. The van der Waals surface area contributed by atoms with Crippen LogP contribution < -0.4 is 0 Å². The minimum absolute atomic E-state index is 0.107. The summed E-state index contributed by atoms with van der Waals surface area (Å²) in [6.45, 7) is 4.75. The number of carbonyl (C=O) groups excluding carboxylic acids is 2. The minimum atomic E-state index is -0.140. The van der Waals surface area contributed by atoms with E-state index >= 15 is 0 Å². The van der Waals surface area contributed by atoms with Crippen molar-refractivity contribution < 1.29 is 19.1 Å². The van der Waals surface area contributed by atoms with Crippen molar-refractivity contribution in [3.63, 3.8) is 0 Å². The highest BCUT2D eigenvalue weighted by molar-refractivity contribution is 5.69. The maximum atomic E-state index is 11.0. The molecule has 0 fully saturated rings. The Balaban J connectivity index is 3.13. The van der Waals surface area contributed by atoms with Crippen molar-refractivity contribution in [1.29, 1.82) is 0 Å². The van der Waals surface area contributed by atoms with Gasteiger partial charge in [0.05, 0.1) is 13.2 Å². The molecule has 0 rings (SSSR count). The van der Waals surface area contributed by atoms with Gasteiger partial charge in [0, 0.05) is 12.8 Å². The highest BCUT2D eigenvalue weighted by Crippen LogP contribution is 2.02. The summed E-state index contributed by atoms with van der Waals surface area (Å²) in [4.78, 5) is 21.8. The monoisotopic (exact) mass is 244 g/mol. The molecule has 0 aliphatic rings. The zero-order chi connectivity index (χ0) is 12.9. The second-order valence-corrected chi connectivity index (χ2v) is 3.96. The molecule has 4 nitrogen and oxygen atoms in total. The third kappa shape index (κ3) is 11.2. The summed E-state index contributed by atoms with van der Waals surface area (Å²) in [5.41, 5.74) is 0. The molecule has 0 unspecified atom stereocenters. The number of rotatable bonds is 10. The van der Waals surface area contributed by atoms with Gasteiger partial charge < -0.3 is 9.47 Å². The lowest BCUT2D eigenvalue weighted by Crippen LogP contribution is -2.05. The average Bonchev–Trinajstić information content (AvgIpc) is 2.32. The molecule has 0 radical (unpaired) electrons. The van der Waals surface area contributed by atoms with E-state index in [-0.39, 0.29) is 11.9 Å². The van der Waals surface area contributed by atoms with Crippen LogP contribution >= 0.6 is 0 Å². The van der Waals surface area contributed by atoms with Crippen LogP contribution in [0.3, 0.4) is 0 Å². The summed E-state index contributed by atoms with van der Waals surface area (Å²) in [7, 11) is 0. The SMILES string of the molecule is CCCC(=O)OCCCCCCOC(=O)CC. The van der Waals surface area contributed by atoms with Crippen LogP contribution in [0.25, 0.3) is 0 Å². The molecule has 4 heteroatoms. The first-order valence-corrected chi connectivity index (χ1v) is 6.52. The van der Waals surface area contributed by atoms with E-state index < -0.39 is 0 Å². The van der Waals surface area contributed by atoms with Crippen LogP contribution in [0.5, 0.6) is 0 Å².